The Morgan fingerprint density at radius 3 is 2.84 bits per heavy atom. The van der Waals surface area contributed by atoms with Crippen LogP contribution in [-0.4, -0.2) is 27.6 Å². The van der Waals surface area contributed by atoms with E-state index in [4.69, 9.17) is 5.73 Å². The summed E-state index contributed by atoms with van der Waals surface area (Å²) in [6, 6.07) is 6.14. The molecule has 0 aliphatic carbocycles. The third-order valence-corrected chi connectivity index (χ3v) is 2.83. The Balaban J connectivity index is 2.16. The van der Waals surface area contributed by atoms with E-state index in [0.717, 1.165) is 5.56 Å². The van der Waals surface area contributed by atoms with E-state index in [1.807, 2.05) is 0 Å². The van der Waals surface area contributed by atoms with Crippen LogP contribution in [0.3, 0.4) is 0 Å². The molecule has 0 atom stereocenters. The standard InChI is InChI=1S/C13H15FN4O/c1-17(8-9-4-3-5-10(14)6-9)13(19)12-11(15)7-16-18(12)2/h3-7H,8,15H2,1-2H3. The van der Waals surface area contributed by atoms with Gasteiger partial charge in [0.25, 0.3) is 5.91 Å². The summed E-state index contributed by atoms with van der Waals surface area (Å²) >= 11 is 0. The van der Waals surface area contributed by atoms with E-state index >= 15 is 0 Å². The predicted molar refractivity (Wildman–Crippen MR) is 69.8 cm³/mol. The van der Waals surface area contributed by atoms with Gasteiger partial charge in [0.1, 0.15) is 11.5 Å². The van der Waals surface area contributed by atoms with Crippen LogP contribution in [0.5, 0.6) is 0 Å². The Labute approximate surface area is 110 Å². The van der Waals surface area contributed by atoms with E-state index in [-0.39, 0.29) is 11.7 Å². The molecule has 0 fully saturated rings. The van der Waals surface area contributed by atoms with Crippen molar-refractivity contribution in [1.29, 1.82) is 0 Å². The van der Waals surface area contributed by atoms with Gasteiger partial charge in [-0.15, -0.1) is 0 Å². The van der Waals surface area contributed by atoms with Gasteiger partial charge in [-0.1, -0.05) is 12.1 Å². The van der Waals surface area contributed by atoms with Crippen molar-refractivity contribution in [3.05, 3.63) is 47.5 Å². The Morgan fingerprint density at radius 1 is 1.53 bits per heavy atom. The SMILES string of the molecule is CN(Cc1cccc(F)c1)C(=O)c1c(N)cnn1C. The summed E-state index contributed by atoms with van der Waals surface area (Å²) in [4.78, 5) is 13.7. The highest BCUT2D eigenvalue weighted by molar-refractivity contribution is 5.97. The lowest BCUT2D eigenvalue weighted by molar-refractivity contribution is 0.0775. The highest BCUT2D eigenvalue weighted by atomic mass is 19.1. The summed E-state index contributed by atoms with van der Waals surface area (Å²) in [7, 11) is 3.29. The van der Waals surface area contributed by atoms with Crippen LogP contribution in [0.15, 0.2) is 30.5 Å². The molecule has 19 heavy (non-hydrogen) atoms. The second-order valence-corrected chi connectivity index (χ2v) is 4.36. The van der Waals surface area contributed by atoms with Crippen molar-refractivity contribution >= 4 is 11.6 Å². The smallest absolute Gasteiger partial charge is 0.274 e. The molecule has 5 nitrogen and oxygen atoms in total. The summed E-state index contributed by atoms with van der Waals surface area (Å²) < 4.78 is 14.5. The minimum Gasteiger partial charge on any atom is -0.396 e. The maximum Gasteiger partial charge on any atom is 0.274 e. The molecule has 2 N–H and O–H groups in total. The molecule has 0 radical (unpaired) electrons. The molecule has 0 spiro atoms. The number of aryl methyl sites for hydroxylation is 1. The highest BCUT2D eigenvalue weighted by Crippen LogP contribution is 2.14. The van der Waals surface area contributed by atoms with E-state index in [0.29, 0.717) is 17.9 Å². The molecule has 2 rings (SSSR count). The fraction of sp³-hybridized carbons (Fsp3) is 0.231. The molecule has 0 unspecified atom stereocenters. The van der Waals surface area contributed by atoms with Gasteiger partial charge in [0, 0.05) is 20.6 Å². The number of nitrogen functional groups attached to an aromatic ring is 1. The molecule has 100 valence electrons. The molecular formula is C13H15FN4O. The maximum absolute atomic E-state index is 13.1. The molecule has 2 aromatic rings. The summed E-state index contributed by atoms with van der Waals surface area (Å²) in [6.45, 7) is 0.307. The van der Waals surface area contributed by atoms with Crippen LogP contribution < -0.4 is 5.73 Å². The number of nitrogens with two attached hydrogens (primary N) is 1. The first kappa shape index (κ1) is 13.1. The first-order chi connectivity index (χ1) is 8.99. The number of hydrogen-bond donors (Lipinski definition) is 1. The number of benzene rings is 1. The van der Waals surface area contributed by atoms with Crippen LogP contribution in [0.25, 0.3) is 0 Å². The van der Waals surface area contributed by atoms with Crippen molar-refractivity contribution in [2.24, 2.45) is 7.05 Å². The second-order valence-electron chi connectivity index (χ2n) is 4.36. The first-order valence-corrected chi connectivity index (χ1v) is 5.76. The third kappa shape index (κ3) is 2.73. The van der Waals surface area contributed by atoms with Crippen LogP contribution in [0.1, 0.15) is 16.1 Å². The Morgan fingerprint density at radius 2 is 2.26 bits per heavy atom. The number of halogens is 1. The zero-order valence-corrected chi connectivity index (χ0v) is 10.8. The largest absolute Gasteiger partial charge is 0.396 e. The summed E-state index contributed by atoms with van der Waals surface area (Å²) in [5.74, 6) is -0.569. The third-order valence-electron chi connectivity index (χ3n) is 2.83. The number of carbonyl (C=O) groups excluding carboxylic acids is 1. The zero-order valence-electron chi connectivity index (χ0n) is 10.8. The van der Waals surface area contributed by atoms with Crippen molar-refractivity contribution in [3.8, 4) is 0 Å². The number of aromatic nitrogens is 2. The van der Waals surface area contributed by atoms with Crippen LogP contribution in [0.2, 0.25) is 0 Å². The lowest BCUT2D eigenvalue weighted by Gasteiger charge is -2.17. The molecule has 0 aliphatic rings. The molecule has 1 amide bonds. The van der Waals surface area contributed by atoms with Gasteiger partial charge in [-0.2, -0.15) is 5.10 Å². The molecule has 1 aromatic carbocycles. The van der Waals surface area contributed by atoms with Gasteiger partial charge in [-0.05, 0) is 17.7 Å². The number of anilines is 1. The number of carbonyl (C=O) groups is 1. The van der Waals surface area contributed by atoms with Crippen molar-refractivity contribution < 1.29 is 9.18 Å². The van der Waals surface area contributed by atoms with Crippen LogP contribution in [0.4, 0.5) is 10.1 Å². The Bertz CT molecular complexity index is 589. The van der Waals surface area contributed by atoms with Crippen LogP contribution in [0, 0.1) is 5.82 Å². The van der Waals surface area contributed by atoms with Crippen molar-refractivity contribution in [3.63, 3.8) is 0 Å². The van der Waals surface area contributed by atoms with Crippen molar-refractivity contribution in [2.45, 2.75) is 6.54 Å². The number of amides is 1. The van der Waals surface area contributed by atoms with Gasteiger partial charge < -0.3 is 10.6 Å². The summed E-state index contributed by atoms with van der Waals surface area (Å²) in [6.07, 6.45) is 1.43. The molecule has 0 aliphatic heterocycles. The average Bonchev–Trinajstić information content (AvgIpc) is 2.68. The van der Waals surface area contributed by atoms with E-state index in [9.17, 15) is 9.18 Å². The lowest BCUT2D eigenvalue weighted by atomic mass is 10.2. The number of rotatable bonds is 3. The van der Waals surface area contributed by atoms with Gasteiger partial charge in [-0.25, -0.2) is 4.39 Å². The van der Waals surface area contributed by atoms with Gasteiger partial charge >= 0.3 is 0 Å². The minimum absolute atomic E-state index is 0.248. The van der Waals surface area contributed by atoms with Crippen molar-refractivity contribution in [1.82, 2.24) is 14.7 Å². The number of hydrogen-bond acceptors (Lipinski definition) is 3. The lowest BCUT2D eigenvalue weighted by Crippen LogP contribution is -2.28. The fourth-order valence-corrected chi connectivity index (χ4v) is 1.88. The molecule has 0 saturated heterocycles. The normalized spacial score (nSPS) is 10.5. The second kappa shape index (κ2) is 5.09. The molecule has 0 bridgehead atoms. The van der Waals surface area contributed by atoms with Crippen molar-refractivity contribution in [2.75, 3.05) is 12.8 Å². The molecule has 1 aromatic heterocycles. The zero-order chi connectivity index (χ0) is 14.0. The maximum atomic E-state index is 13.1. The van der Waals surface area contributed by atoms with E-state index in [2.05, 4.69) is 5.10 Å². The summed E-state index contributed by atoms with van der Waals surface area (Å²) in [5, 5.41) is 3.92. The van der Waals surface area contributed by atoms with E-state index < -0.39 is 0 Å². The van der Waals surface area contributed by atoms with Gasteiger partial charge in [0.2, 0.25) is 0 Å². The van der Waals surface area contributed by atoms with Crippen LogP contribution in [-0.2, 0) is 13.6 Å². The monoisotopic (exact) mass is 262 g/mol. The molecular weight excluding hydrogens is 247 g/mol. The summed E-state index contributed by atoms with van der Waals surface area (Å²) in [5.41, 5.74) is 7.09. The first-order valence-electron chi connectivity index (χ1n) is 5.76. The Kier molecular flexibility index (Phi) is 3.50. The Hall–Kier alpha value is -2.37. The average molecular weight is 262 g/mol. The quantitative estimate of drug-likeness (QED) is 0.909. The number of nitrogens with zero attached hydrogens (tertiary/aromatic N) is 3. The fourth-order valence-electron chi connectivity index (χ4n) is 1.88. The van der Waals surface area contributed by atoms with Gasteiger partial charge in [-0.3, -0.25) is 9.48 Å². The van der Waals surface area contributed by atoms with E-state index in [1.54, 1.807) is 26.2 Å². The van der Waals surface area contributed by atoms with Crippen LogP contribution >= 0.6 is 0 Å². The van der Waals surface area contributed by atoms with Gasteiger partial charge in [0.15, 0.2) is 0 Å². The topological polar surface area (TPSA) is 64.2 Å². The predicted octanol–water partition coefficient (Wildman–Crippen LogP) is 1.41. The molecule has 0 saturated carbocycles. The molecule has 6 heteroatoms. The minimum atomic E-state index is -0.321. The highest BCUT2D eigenvalue weighted by Gasteiger charge is 2.19. The molecule has 1 heterocycles. The van der Waals surface area contributed by atoms with E-state index in [1.165, 1.54) is 27.9 Å². The van der Waals surface area contributed by atoms with Gasteiger partial charge in [0.05, 0.1) is 11.9 Å².